The van der Waals surface area contributed by atoms with Crippen LogP contribution in [0.3, 0.4) is 0 Å². The lowest BCUT2D eigenvalue weighted by atomic mass is 9.54. The summed E-state index contributed by atoms with van der Waals surface area (Å²) >= 11 is 0. The molecule has 0 saturated heterocycles. The Morgan fingerprint density at radius 1 is 0.939 bits per heavy atom. The summed E-state index contributed by atoms with van der Waals surface area (Å²) < 4.78 is 0. The molecule has 1 fully saturated rings. The smallest absolute Gasteiger partial charge is 0.335 e. The number of aryl methyl sites for hydroxylation is 1. The molecule has 0 spiro atoms. The number of rotatable bonds is 4. The fourth-order valence-electron chi connectivity index (χ4n) is 6.36. The second-order valence-electron chi connectivity index (χ2n) is 9.80. The van der Waals surface area contributed by atoms with Crippen LogP contribution in [-0.4, -0.2) is 27.4 Å². The van der Waals surface area contributed by atoms with E-state index < -0.39 is 17.7 Å². The number of hydrogen-bond donors (Lipinski definition) is 3. The van der Waals surface area contributed by atoms with Crippen LogP contribution in [0.1, 0.15) is 58.3 Å². The highest BCUT2D eigenvalue weighted by molar-refractivity contribution is 5.88. The number of aromatic carboxylic acids is 1. The van der Waals surface area contributed by atoms with Crippen LogP contribution in [0.2, 0.25) is 0 Å². The maximum Gasteiger partial charge on any atom is 0.335 e. The van der Waals surface area contributed by atoms with Gasteiger partial charge in [-0.2, -0.15) is 0 Å². The molecule has 3 aromatic rings. The van der Waals surface area contributed by atoms with Gasteiger partial charge in [0.1, 0.15) is 5.60 Å². The second-order valence-corrected chi connectivity index (χ2v) is 9.80. The fourth-order valence-corrected chi connectivity index (χ4v) is 6.36. The van der Waals surface area contributed by atoms with Crippen molar-refractivity contribution in [2.24, 2.45) is 5.92 Å². The zero-order valence-corrected chi connectivity index (χ0v) is 18.7. The molecule has 2 aliphatic rings. The fraction of sp³-hybridized carbons (Fsp3) is 0.345. The van der Waals surface area contributed by atoms with Crippen LogP contribution in [0.25, 0.3) is 0 Å². The van der Waals surface area contributed by atoms with Gasteiger partial charge < -0.3 is 15.3 Å². The third-order valence-corrected chi connectivity index (χ3v) is 7.97. The number of aliphatic hydroxyl groups is 2. The van der Waals surface area contributed by atoms with Crippen molar-refractivity contribution in [1.29, 1.82) is 0 Å². The third kappa shape index (κ3) is 3.77. The lowest BCUT2D eigenvalue weighted by Crippen LogP contribution is -2.55. The van der Waals surface area contributed by atoms with E-state index in [1.54, 1.807) is 6.07 Å². The Kier molecular flexibility index (Phi) is 5.59. The van der Waals surface area contributed by atoms with E-state index in [0.29, 0.717) is 18.4 Å². The van der Waals surface area contributed by atoms with Crippen LogP contribution in [-0.2, 0) is 23.9 Å². The van der Waals surface area contributed by atoms with Crippen LogP contribution >= 0.6 is 0 Å². The molecule has 0 unspecified atom stereocenters. The molecule has 170 valence electrons. The van der Waals surface area contributed by atoms with Crippen LogP contribution in [0.5, 0.6) is 0 Å². The first kappa shape index (κ1) is 21.9. The number of carboxylic acids is 1. The molecule has 4 atom stereocenters. The van der Waals surface area contributed by atoms with Crippen molar-refractivity contribution in [3.05, 3.63) is 107 Å². The Hall–Kier alpha value is -2.95. The number of carboxylic acid groups (broad SMARTS) is 1. The van der Waals surface area contributed by atoms with Gasteiger partial charge in [0.15, 0.2) is 0 Å². The molecule has 0 amide bonds. The minimum atomic E-state index is -1.29. The first-order chi connectivity index (χ1) is 15.9. The first-order valence-corrected chi connectivity index (χ1v) is 11.8. The quantitative estimate of drug-likeness (QED) is 0.539. The van der Waals surface area contributed by atoms with Crippen LogP contribution in [0.15, 0.2) is 78.9 Å². The molecular weight excluding hydrogens is 412 g/mol. The monoisotopic (exact) mass is 442 g/mol. The predicted octanol–water partition coefficient (Wildman–Crippen LogP) is 4.86. The number of fused-ring (bicyclic) bond motifs is 3. The SMILES string of the molecule is O=C(O)c1ccc2c(c1)CCC[C@@H]1C[C@](O)(c3ccccc3)[C@@H](O)C[C@]21Cc1ccccc1. The number of hydrogen-bond acceptors (Lipinski definition) is 3. The lowest BCUT2D eigenvalue weighted by Gasteiger charge is -2.53. The zero-order valence-electron chi connectivity index (χ0n) is 18.7. The highest BCUT2D eigenvalue weighted by Gasteiger charge is 2.55. The molecule has 33 heavy (non-hydrogen) atoms. The molecule has 4 nitrogen and oxygen atoms in total. The molecule has 3 aromatic carbocycles. The Morgan fingerprint density at radius 2 is 1.64 bits per heavy atom. The van der Waals surface area contributed by atoms with E-state index >= 15 is 0 Å². The average Bonchev–Trinajstić information content (AvgIpc) is 2.97. The van der Waals surface area contributed by atoms with E-state index in [1.807, 2.05) is 60.7 Å². The normalized spacial score (nSPS) is 28.9. The van der Waals surface area contributed by atoms with Gasteiger partial charge in [-0.15, -0.1) is 0 Å². The number of aliphatic hydroxyl groups excluding tert-OH is 1. The molecule has 1 saturated carbocycles. The lowest BCUT2D eigenvalue weighted by molar-refractivity contribution is -0.143. The summed E-state index contributed by atoms with van der Waals surface area (Å²) in [6.07, 6.45) is 3.39. The second kappa shape index (κ2) is 8.44. The van der Waals surface area contributed by atoms with Gasteiger partial charge in [-0.3, -0.25) is 0 Å². The molecule has 0 heterocycles. The molecule has 0 aliphatic heterocycles. The zero-order chi connectivity index (χ0) is 23.1. The summed E-state index contributed by atoms with van der Waals surface area (Å²) in [6, 6.07) is 25.3. The Morgan fingerprint density at radius 3 is 2.33 bits per heavy atom. The van der Waals surface area contributed by atoms with E-state index in [2.05, 4.69) is 12.1 Å². The van der Waals surface area contributed by atoms with Gasteiger partial charge in [-0.1, -0.05) is 66.7 Å². The third-order valence-electron chi connectivity index (χ3n) is 7.97. The number of benzene rings is 3. The summed E-state index contributed by atoms with van der Waals surface area (Å²) in [7, 11) is 0. The Labute approximate surface area is 194 Å². The molecule has 0 aromatic heterocycles. The van der Waals surface area contributed by atoms with Crippen molar-refractivity contribution < 1.29 is 20.1 Å². The van der Waals surface area contributed by atoms with Gasteiger partial charge in [-0.05, 0) is 78.8 Å². The topological polar surface area (TPSA) is 77.8 Å². The summed E-state index contributed by atoms with van der Waals surface area (Å²) in [5.74, 6) is -0.763. The summed E-state index contributed by atoms with van der Waals surface area (Å²) in [5.41, 5.74) is 2.78. The minimum Gasteiger partial charge on any atom is -0.478 e. The maximum absolute atomic E-state index is 11.8. The highest BCUT2D eigenvalue weighted by atomic mass is 16.4. The van der Waals surface area contributed by atoms with Gasteiger partial charge in [0, 0.05) is 5.41 Å². The molecular formula is C29H30O4. The van der Waals surface area contributed by atoms with Crippen LogP contribution in [0.4, 0.5) is 0 Å². The van der Waals surface area contributed by atoms with Gasteiger partial charge in [-0.25, -0.2) is 4.79 Å². The molecule has 3 N–H and O–H groups in total. The summed E-state index contributed by atoms with van der Waals surface area (Å²) in [6.45, 7) is 0. The first-order valence-electron chi connectivity index (χ1n) is 11.8. The summed E-state index contributed by atoms with van der Waals surface area (Å²) in [5, 5.41) is 32.8. The molecule has 5 rings (SSSR count). The standard InChI is InChI=1S/C29H30O4/c30-26-19-28(17-20-8-3-1-4-9-20)24(18-29(26,33)23-11-5-2-6-12-23)13-7-10-21-16-22(27(31)32)14-15-25(21)28/h1-6,8-9,11-12,14-16,24,26,30,33H,7,10,13,17-19H2,(H,31,32)/t24-,26+,28+,29+/m1/s1. The Bertz CT molecular complexity index is 1140. The van der Waals surface area contributed by atoms with Gasteiger partial charge in [0.05, 0.1) is 11.7 Å². The minimum absolute atomic E-state index is 0.156. The van der Waals surface area contributed by atoms with E-state index in [0.717, 1.165) is 42.4 Å². The van der Waals surface area contributed by atoms with Crippen molar-refractivity contribution in [3.63, 3.8) is 0 Å². The van der Waals surface area contributed by atoms with E-state index in [-0.39, 0.29) is 11.3 Å². The van der Waals surface area contributed by atoms with Crippen molar-refractivity contribution in [2.75, 3.05) is 0 Å². The van der Waals surface area contributed by atoms with E-state index in [9.17, 15) is 20.1 Å². The van der Waals surface area contributed by atoms with Crippen molar-refractivity contribution in [1.82, 2.24) is 0 Å². The van der Waals surface area contributed by atoms with Crippen molar-refractivity contribution >= 4 is 5.97 Å². The Balaban J connectivity index is 1.65. The molecule has 0 bridgehead atoms. The maximum atomic E-state index is 11.8. The largest absolute Gasteiger partial charge is 0.478 e. The van der Waals surface area contributed by atoms with E-state index in [1.165, 1.54) is 5.56 Å². The van der Waals surface area contributed by atoms with Gasteiger partial charge >= 0.3 is 5.97 Å². The summed E-state index contributed by atoms with van der Waals surface area (Å²) in [4.78, 5) is 11.6. The average molecular weight is 443 g/mol. The van der Waals surface area contributed by atoms with Crippen molar-refractivity contribution in [3.8, 4) is 0 Å². The highest BCUT2D eigenvalue weighted by Crippen LogP contribution is 2.55. The predicted molar refractivity (Wildman–Crippen MR) is 127 cm³/mol. The number of carbonyl (C=O) groups is 1. The van der Waals surface area contributed by atoms with Crippen LogP contribution < -0.4 is 0 Å². The van der Waals surface area contributed by atoms with Crippen LogP contribution in [0, 0.1) is 5.92 Å². The molecule has 4 heteroatoms. The molecule has 2 aliphatic carbocycles. The van der Waals surface area contributed by atoms with Gasteiger partial charge in [0.2, 0.25) is 0 Å². The van der Waals surface area contributed by atoms with Crippen molar-refractivity contribution in [2.45, 2.75) is 55.6 Å². The van der Waals surface area contributed by atoms with Gasteiger partial charge in [0.25, 0.3) is 0 Å². The molecule has 0 radical (unpaired) electrons. The van der Waals surface area contributed by atoms with E-state index in [4.69, 9.17) is 0 Å².